The molecule has 0 N–H and O–H groups in total. The largest absolute Gasteiger partial charge is 0.493 e. The number of ketones is 2. The van der Waals surface area contributed by atoms with E-state index in [0.29, 0.717) is 24.3 Å². The molecule has 0 aliphatic heterocycles. The molecule has 1 aromatic rings. The van der Waals surface area contributed by atoms with Crippen LogP contribution in [-0.2, 0) is 4.79 Å². The zero-order chi connectivity index (χ0) is 11.3. The Balaban J connectivity index is 2.58. The van der Waals surface area contributed by atoms with Crippen molar-refractivity contribution in [2.45, 2.75) is 20.3 Å². The molecule has 0 heterocycles. The average Bonchev–Trinajstić information content (AvgIpc) is 2.17. The van der Waals surface area contributed by atoms with Gasteiger partial charge in [0.05, 0.1) is 6.61 Å². The minimum atomic E-state index is 0.00650. The average molecular weight is 206 g/mol. The summed E-state index contributed by atoms with van der Waals surface area (Å²) in [5.74, 6) is 0.730. The first-order chi connectivity index (χ1) is 7.09. The third kappa shape index (κ3) is 3.94. The Bertz CT molecular complexity index is 369. The summed E-state index contributed by atoms with van der Waals surface area (Å²) in [7, 11) is 0. The maximum absolute atomic E-state index is 11.1. The Morgan fingerprint density at radius 1 is 1.27 bits per heavy atom. The van der Waals surface area contributed by atoms with Crippen LogP contribution in [0.2, 0.25) is 0 Å². The van der Waals surface area contributed by atoms with Crippen molar-refractivity contribution in [2.75, 3.05) is 6.61 Å². The van der Waals surface area contributed by atoms with Crippen LogP contribution >= 0.6 is 0 Å². The first-order valence-corrected chi connectivity index (χ1v) is 4.83. The quantitative estimate of drug-likeness (QED) is 0.694. The van der Waals surface area contributed by atoms with Gasteiger partial charge in [0.1, 0.15) is 11.5 Å². The molecule has 0 radical (unpaired) electrons. The van der Waals surface area contributed by atoms with Crippen molar-refractivity contribution in [3.05, 3.63) is 29.8 Å². The standard InChI is InChI=1S/C12H14O3/c1-9(13)6-7-15-12-5-3-4-11(8-12)10(2)14/h3-5,8H,6-7H2,1-2H3. The van der Waals surface area contributed by atoms with E-state index in [2.05, 4.69) is 0 Å². The second kappa shape index (κ2) is 5.29. The fourth-order valence-electron chi connectivity index (χ4n) is 1.12. The number of carbonyl (C=O) groups excluding carboxylic acids is 2. The Morgan fingerprint density at radius 3 is 2.60 bits per heavy atom. The van der Waals surface area contributed by atoms with Gasteiger partial charge in [0.15, 0.2) is 5.78 Å². The number of Topliss-reactive ketones (excluding diaryl/α,β-unsaturated/α-hetero) is 2. The van der Waals surface area contributed by atoms with E-state index < -0.39 is 0 Å². The molecular formula is C12H14O3. The smallest absolute Gasteiger partial charge is 0.159 e. The van der Waals surface area contributed by atoms with Crippen molar-refractivity contribution in [1.82, 2.24) is 0 Å². The summed E-state index contributed by atoms with van der Waals surface area (Å²) in [4.78, 5) is 21.7. The molecule has 0 saturated heterocycles. The summed E-state index contributed by atoms with van der Waals surface area (Å²) in [5.41, 5.74) is 0.621. The number of rotatable bonds is 5. The van der Waals surface area contributed by atoms with Crippen LogP contribution in [0.4, 0.5) is 0 Å². The number of hydrogen-bond acceptors (Lipinski definition) is 3. The number of hydrogen-bond donors (Lipinski definition) is 0. The normalized spacial score (nSPS) is 9.73. The van der Waals surface area contributed by atoms with Crippen molar-refractivity contribution in [1.29, 1.82) is 0 Å². The summed E-state index contributed by atoms with van der Waals surface area (Å²) in [6.45, 7) is 3.39. The van der Waals surface area contributed by atoms with Crippen LogP contribution in [0.1, 0.15) is 30.6 Å². The second-order valence-corrected chi connectivity index (χ2v) is 3.38. The van der Waals surface area contributed by atoms with E-state index in [-0.39, 0.29) is 11.6 Å². The fraction of sp³-hybridized carbons (Fsp3) is 0.333. The number of ether oxygens (including phenoxy) is 1. The van der Waals surface area contributed by atoms with Gasteiger partial charge in [-0.15, -0.1) is 0 Å². The highest BCUT2D eigenvalue weighted by molar-refractivity contribution is 5.94. The van der Waals surface area contributed by atoms with E-state index in [1.807, 2.05) is 0 Å². The van der Waals surface area contributed by atoms with Crippen LogP contribution in [0.3, 0.4) is 0 Å². The van der Waals surface area contributed by atoms with Gasteiger partial charge >= 0.3 is 0 Å². The molecule has 0 atom stereocenters. The maximum Gasteiger partial charge on any atom is 0.159 e. The van der Waals surface area contributed by atoms with Crippen molar-refractivity contribution < 1.29 is 14.3 Å². The minimum absolute atomic E-state index is 0.00650. The van der Waals surface area contributed by atoms with Gasteiger partial charge in [0.25, 0.3) is 0 Å². The SMILES string of the molecule is CC(=O)CCOc1cccc(C(C)=O)c1. The van der Waals surface area contributed by atoms with E-state index in [4.69, 9.17) is 4.74 Å². The lowest BCUT2D eigenvalue weighted by molar-refractivity contribution is -0.117. The molecule has 0 bridgehead atoms. The summed E-state index contributed by atoms with van der Waals surface area (Å²) in [6, 6.07) is 6.95. The predicted molar refractivity (Wildman–Crippen MR) is 57.2 cm³/mol. The fourth-order valence-corrected chi connectivity index (χ4v) is 1.12. The van der Waals surface area contributed by atoms with Crippen LogP contribution in [0.5, 0.6) is 5.75 Å². The molecule has 0 fully saturated rings. The Hall–Kier alpha value is -1.64. The second-order valence-electron chi connectivity index (χ2n) is 3.38. The topological polar surface area (TPSA) is 43.4 Å². The first-order valence-electron chi connectivity index (χ1n) is 4.83. The van der Waals surface area contributed by atoms with Crippen LogP contribution in [0.25, 0.3) is 0 Å². The van der Waals surface area contributed by atoms with E-state index in [1.165, 1.54) is 13.8 Å². The molecular weight excluding hydrogens is 192 g/mol. The van der Waals surface area contributed by atoms with E-state index in [1.54, 1.807) is 24.3 Å². The molecule has 0 aliphatic carbocycles. The molecule has 1 rings (SSSR count). The summed E-state index contributed by atoms with van der Waals surface area (Å²) >= 11 is 0. The van der Waals surface area contributed by atoms with Gasteiger partial charge in [0.2, 0.25) is 0 Å². The number of carbonyl (C=O) groups is 2. The molecule has 0 saturated carbocycles. The molecule has 0 unspecified atom stereocenters. The van der Waals surface area contributed by atoms with Crippen molar-refractivity contribution in [2.24, 2.45) is 0 Å². The highest BCUT2D eigenvalue weighted by Crippen LogP contribution is 2.13. The third-order valence-corrected chi connectivity index (χ3v) is 1.96. The third-order valence-electron chi connectivity index (χ3n) is 1.96. The minimum Gasteiger partial charge on any atom is -0.493 e. The van der Waals surface area contributed by atoms with E-state index in [9.17, 15) is 9.59 Å². The Labute approximate surface area is 89.1 Å². The summed E-state index contributed by atoms with van der Waals surface area (Å²) in [6.07, 6.45) is 0.393. The molecule has 0 amide bonds. The lowest BCUT2D eigenvalue weighted by atomic mass is 10.1. The molecule has 1 aromatic carbocycles. The van der Waals surface area contributed by atoms with Crippen LogP contribution in [0, 0.1) is 0 Å². The zero-order valence-corrected chi connectivity index (χ0v) is 8.95. The monoisotopic (exact) mass is 206 g/mol. The van der Waals surface area contributed by atoms with E-state index in [0.717, 1.165) is 0 Å². The molecule has 0 spiro atoms. The van der Waals surface area contributed by atoms with E-state index >= 15 is 0 Å². The lowest BCUT2D eigenvalue weighted by Crippen LogP contribution is -2.03. The molecule has 0 aliphatic rings. The first kappa shape index (κ1) is 11.4. The van der Waals surface area contributed by atoms with Gasteiger partial charge < -0.3 is 4.74 Å². The van der Waals surface area contributed by atoms with Crippen LogP contribution < -0.4 is 4.74 Å². The molecule has 3 heteroatoms. The molecule has 80 valence electrons. The van der Waals surface area contributed by atoms with Gasteiger partial charge in [0, 0.05) is 12.0 Å². The van der Waals surface area contributed by atoms with Crippen LogP contribution in [-0.4, -0.2) is 18.2 Å². The van der Waals surface area contributed by atoms with Crippen LogP contribution in [0.15, 0.2) is 24.3 Å². The number of benzene rings is 1. The Kier molecular flexibility index (Phi) is 4.03. The highest BCUT2D eigenvalue weighted by Gasteiger charge is 2.01. The van der Waals surface area contributed by atoms with Crippen molar-refractivity contribution in [3.8, 4) is 5.75 Å². The highest BCUT2D eigenvalue weighted by atomic mass is 16.5. The van der Waals surface area contributed by atoms with Gasteiger partial charge in [-0.25, -0.2) is 0 Å². The summed E-state index contributed by atoms with van der Waals surface area (Å²) < 4.78 is 5.33. The maximum atomic E-state index is 11.1. The Morgan fingerprint density at radius 2 is 2.00 bits per heavy atom. The van der Waals surface area contributed by atoms with Gasteiger partial charge in [-0.05, 0) is 26.0 Å². The predicted octanol–water partition coefficient (Wildman–Crippen LogP) is 2.25. The van der Waals surface area contributed by atoms with Gasteiger partial charge in [-0.2, -0.15) is 0 Å². The molecule has 0 aromatic heterocycles. The van der Waals surface area contributed by atoms with Gasteiger partial charge in [-0.1, -0.05) is 12.1 Å². The van der Waals surface area contributed by atoms with Gasteiger partial charge in [-0.3, -0.25) is 9.59 Å². The zero-order valence-electron chi connectivity index (χ0n) is 8.95. The summed E-state index contributed by atoms with van der Waals surface area (Å²) in [5, 5.41) is 0. The lowest BCUT2D eigenvalue weighted by Gasteiger charge is -2.05. The van der Waals surface area contributed by atoms with Crippen molar-refractivity contribution in [3.63, 3.8) is 0 Å². The van der Waals surface area contributed by atoms with Crippen molar-refractivity contribution >= 4 is 11.6 Å². The molecule has 3 nitrogen and oxygen atoms in total. The molecule has 15 heavy (non-hydrogen) atoms.